The fourth-order valence-corrected chi connectivity index (χ4v) is 0.863. The second-order valence-corrected chi connectivity index (χ2v) is 1.96. The molecule has 1 heterocycles. The van der Waals surface area contributed by atoms with Crippen LogP contribution in [0.15, 0.2) is 9.32 Å². The van der Waals surface area contributed by atoms with Gasteiger partial charge in [-0.1, -0.05) is 12.1 Å². The summed E-state index contributed by atoms with van der Waals surface area (Å²) in [5.41, 5.74) is 0. The number of aromatic nitrogens is 2. The van der Waals surface area contributed by atoms with E-state index in [1.165, 1.54) is 4.57 Å². The third-order valence-electron chi connectivity index (χ3n) is 1.39. The lowest BCUT2D eigenvalue weighted by Gasteiger charge is -1.93. The number of hydrogen-bond acceptors (Lipinski definition) is 3. The predicted octanol–water partition coefficient (Wildman–Crippen LogP) is 0.419. The third kappa shape index (κ3) is 0.964. The van der Waals surface area contributed by atoms with Crippen LogP contribution in [0.5, 0.6) is 0 Å². The van der Waals surface area contributed by atoms with E-state index in [9.17, 15) is 4.79 Å². The van der Waals surface area contributed by atoms with Gasteiger partial charge in [0.1, 0.15) is 0 Å². The maximum absolute atomic E-state index is 10.8. The Morgan fingerprint density at radius 1 is 1.60 bits per heavy atom. The molecular weight excluding hydrogens is 132 g/mol. The Morgan fingerprint density at radius 2 is 2.30 bits per heavy atom. The van der Waals surface area contributed by atoms with Crippen LogP contribution in [0, 0.1) is 0 Å². The molecule has 0 saturated heterocycles. The van der Waals surface area contributed by atoms with Crippen LogP contribution in [-0.4, -0.2) is 9.72 Å². The first-order valence-corrected chi connectivity index (χ1v) is 3.35. The van der Waals surface area contributed by atoms with E-state index in [-0.39, 0.29) is 5.76 Å². The molecule has 1 aromatic rings. The molecule has 0 fully saturated rings. The standard InChI is InChI=1S/C6H10N2O2/c1-3-5-7-10-6(9)8(5)4-2/h3-4H2,1-2H3. The second kappa shape index (κ2) is 2.68. The van der Waals surface area contributed by atoms with Crippen molar-refractivity contribution in [3.63, 3.8) is 0 Å². The van der Waals surface area contributed by atoms with Crippen LogP contribution >= 0.6 is 0 Å². The molecule has 0 aliphatic rings. The van der Waals surface area contributed by atoms with Gasteiger partial charge in [0, 0.05) is 13.0 Å². The summed E-state index contributed by atoms with van der Waals surface area (Å²) >= 11 is 0. The van der Waals surface area contributed by atoms with Crippen molar-refractivity contribution in [1.29, 1.82) is 0 Å². The highest BCUT2D eigenvalue weighted by Gasteiger charge is 2.04. The van der Waals surface area contributed by atoms with E-state index < -0.39 is 0 Å². The Balaban J connectivity index is 3.13. The molecule has 0 N–H and O–H groups in total. The van der Waals surface area contributed by atoms with Gasteiger partial charge in [-0.25, -0.2) is 4.79 Å². The average molecular weight is 142 g/mol. The van der Waals surface area contributed by atoms with E-state index in [2.05, 4.69) is 9.68 Å². The van der Waals surface area contributed by atoms with Gasteiger partial charge in [-0.15, -0.1) is 0 Å². The van der Waals surface area contributed by atoms with Crippen molar-refractivity contribution in [3.8, 4) is 0 Å². The fourth-order valence-electron chi connectivity index (χ4n) is 0.863. The van der Waals surface area contributed by atoms with Gasteiger partial charge in [-0.2, -0.15) is 0 Å². The highest BCUT2D eigenvalue weighted by molar-refractivity contribution is 4.81. The number of hydrogen-bond donors (Lipinski definition) is 0. The Morgan fingerprint density at radius 3 is 2.70 bits per heavy atom. The molecule has 0 bridgehead atoms. The number of aryl methyl sites for hydroxylation is 1. The van der Waals surface area contributed by atoms with Gasteiger partial charge in [0.2, 0.25) is 0 Å². The lowest BCUT2D eigenvalue weighted by molar-refractivity contribution is 0.374. The van der Waals surface area contributed by atoms with Gasteiger partial charge in [0.05, 0.1) is 0 Å². The Labute approximate surface area is 58.4 Å². The van der Waals surface area contributed by atoms with Gasteiger partial charge < -0.3 is 0 Å². The Bertz CT molecular complexity index is 261. The third-order valence-corrected chi connectivity index (χ3v) is 1.39. The Kier molecular flexibility index (Phi) is 1.89. The summed E-state index contributed by atoms with van der Waals surface area (Å²) in [5, 5.41) is 3.58. The summed E-state index contributed by atoms with van der Waals surface area (Å²) in [5.74, 6) is 0.354. The minimum Gasteiger partial charge on any atom is -0.296 e. The molecule has 0 radical (unpaired) electrons. The maximum Gasteiger partial charge on any atom is 0.441 e. The van der Waals surface area contributed by atoms with Crippen molar-refractivity contribution < 1.29 is 4.52 Å². The average Bonchev–Trinajstić information content (AvgIpc) is 2.30. The van der Waals surface area contributed by atoms with Gasteiger partial charge in [-0.3, -0.25) is 9.09 Å². The summed E-state index contributed by atoms with van der Waals surface area (Å²) in [6.07, 6.45) is 0.736. The van der Waals surface area contributed by atoms with Crippen molar-refractivity contribution in [2.24, 2.45) is 0 Å². The number of rotatable bonds is 2. The fraction of sp³-hybridized carbons (Fsp3) is 0.667. The lowest BCUT2D eigenvalue weighted by Crippen LogP contribution is -2.15. The zero-order valence-corrected chi connectivity index (χ0v) is 6.13. The smallest absolute Gasteiger partial charge is 0.296 e. The van der Waals surface area contributed by atoms with Gasteiger partial charge in [0.25, 0.3) is 0 Å². The molecule has 0 spiro atoms. The molecule has 0 saturated carbocycles. The molecule has 1 aromatic heterocycles. The first-order chi connectivity index (χ1) is 4.79. The second-order valence-electron chi connectivity index (χ2n) is 1.96. The molecule has 56 valence electrons. The summed E-state index contributed by atoms with van der Waals surface area (Å²) in [6.45, 7) is 4.45. The monoisotopic (exact) mass is 142 g/mol. The first kappa shape index (κ1) is 7.05. The van der Waals surface area contributed by atoms with Crippen LogP contribution in [0.25, 0.3) is 0 Å². The normalized spacial score (nSPS) is 10.2. The van der Waals surface area contributed by atoms with Crippen LogP contribution in [0.2, 0.25) is 0 Å². The van der Waals surface area contributed by atoms with Crippen molar-refractivity contribution in [3.05, 3.63) is 16.4 Å². The molecule has 4 heteroatoms. The van der Waals surface area contributed by atoms with Crippen molar-refractivity contribution in [2.75, 3.05) is 0 Å². The molecule has 1 rings (SSSR count). The van der Waals surface area contributed by atoms with Crippen molar-refractivity contribution >= 4 is 0 Å². The van der Waals surface area contributed by atoms with Crippen molar-refractivity contribution in [1.82, 2.24) is 9.72 Å². The van der Waals surface area contributed by atoms with Crippen LogP contribution in [-0.2, 0) is 13.0 Å². The lowest BCUT2D eigenvalue weighted by atomic mass is 10.4. The molecule has 0 aromatic carbocycles. The van der Waals surface area contributed by atoms with E-state index in [1.807, 2.05) is 13.8 Å². The largest absolute Gasteiger partial charge is 0.441 e. The topological polar surface area (TPSA) is 48.0 Å². The SMILES string of the molecule is CCc1noc(=O)n1CC. The van der Waals surface area contributed by atoms with Crippen LogP contribution in [0.1, 0.15) is 19.7 Å². The highest BCUT2D eigenvalue weighted by Crippen LogP contribution is 1.91. The van der Waals surface area contributed by atoms with Gasteiger partial charge in [-0.05, 0) is 6.92 Å². The van der Waals surface area contributed by atoms with Gasteiger partial charge >= 0.3 is 5.76 Å². The van der Waals surface area contributed by atoms with E-state index in [4.69, 9.17) is 0 Å². The summed E-state index contributed by atoms with van der Waals surface area (Å²) in [7, 11) is 0. The van der Waals surface area contributed by atoms with Crippen LogP contribution in [0.4, 0.5) is 0 Å². The molecule has 4 nitrogen and oxygen atoms in total. The van der Waals surface area contributed by atoms with E-state index >= 15 is 0 Å². The van der Waals surface area contributed by atoms with E-state index in [0.717, 1.165) is 6.42 Å². The Hall–Kier alpha value is -1.06. The zero-order valence-electron chi connectivity index (χ0n) is 6.13. The summed E-state index contributed by atoms with van der Waals surface area (Å²) < 4.78 is 5.95. The summed E-state index contributed by atoms with van der Waals surface area (Å²) in [6, 6.07) is 0. The molecule has 0 unspecified atom stereocenters. The minimum absolute atomic E-state index is 0.362. The highest BCUT2D eigenvalue weighted by atomic mass is 16.5. The van der Waals surface area contributed by atoms with Crippen LogP contribution in [0.3, 0.4) is 0 Å². The van der Waals surface area contributed by atoms with E-state index in [0.29, 0.717) is 12.4 Å². The van der Waals surface area contributed by atoms with Crippen molar-refractivity contribution in [2.45, 2.75) is 26.8 Å². The van der Waals surface area contributed by atoms with Gasteiger partial charge in [0.15, 0.2) is 5.82 Å². The molecule has 10 heavy (non-hydrogen) atoms. The first-order valence-electron chi connectivity index (χ1n) is 3.35. The molecular formula is C6H10N2O2. The quantitative estimate of drug-likeness (QED) is 0.601. The number of nitrogens with zero attached hydrogens (tertiary/aromatic N) is 2. The molecule has 0 amide bonds. The van der Waals surface area contributed by atoms with Crippen LogP contribution < -0.4 is 5.76 Å². The molecule has 0 aliphatic heterocycles. The minimum atomic E-state index is -0.362. The maximum atomic E-state index is 10.8. The zero-order chi connectivity index (χ0) is 7.56. The predicted molar refractivity (Wildman–Crippen MR) is 35.8 cm³/mol. The molecule has 0 aliphatic carbocycles. The van der Waals surface area contributed by atoms with E-state index in [1.54, 1.807) is 0 Å². The summed E-state index contributed by atoms with van der Waals surface area (Å²) in [4.78, 5) is 10.8. The molecule has 0 atom stereocenters.